The predicted molar refractivity (Wildman–Crippen MR) is 60.3 cm³/mol. The third kappa shape index (κ3) is 2.37. The maximum atomic E-state index is 8.69. The molecule has 0 radical (unpaired) electrons. The van der Waals surface area contributed by atoms with Crippen molar-refractivity contribution in [2.75, 3.05) is 6.54 Å². The average Bonchev–Trinajstić information content (AvgIpc) is 2.66. The van der Waals surface area contributed by atoms with Crippen LogP contribution in [0, 0.1) is 11.3 Å². The van der Waals surface area contributed by atoms with E-state index in [0.29, 0.717) is 6.04 Å². The van der Waals surface area contributed by atoms with Crippen molar-refractivity contribution < 1.29 is 0 Å². The standard InChI is InChI=1S/C13H16N2/c1-11-3-2-8-15(11)10-13-6-4-12(9-14)5-7-13/h4-7,11H,2-3,8,10H2,1H3. The molecule has 1 heterocycles. The van der Waals surface area contributed by atoms with E-state index in [1.165, 1.54) is 24.9 Å². The van der Waals surface area contributed by atoms with Gasteiger partial charge < -0.3 is 0 Å². The monoisotopic (exact) mass is 200 g/mol. The topological polar surface area (TPSA) is 27.0 Å². The summed E-state index contributed by atoms with van der Waals surface area (Å²) in [5, 5.41) is 8.69. The molecule has 0 bridgehead atoms. The van der Waals surface area contributed by atoms with Crippen LogP contribution in [0.3, 0.4) is 0 Å². The van der Waals surface area contributed by atoms with Crippen molar-refractivity contribution in [2.45, 2.75) is 32.4 Å². The lowest BCUT2D eigenvalue weighted by Crippen LogP contribution is -2.26. The minimum Gasteiger partial charge on any atom is -0.296 e. The lowest BCUT2D eigenvalue weighted by Gasteiger charge is -2.20. The summed E-state index contributed by atoms with van der Waals surface area (Å²) < 4.78 is 0. The molecule has 1 aliphatic rings. The molecule has 1 fully saturated rings. The highest BCUT2D eigenvalue weighted by Crippen LogP contribution is 2.19. The van der Waals surface area contributed by atoms with Gasteiger partial charge in [0.05, 0.1) is 11.6 Å². The van der Waals surface area contributed by atoms with Crippen LogP contribution in [0.1, 0.15) is 30.9 Å². The Morgan fingerprint density at radius 3 is 2.67 bits per heavy atom. The van der Waals surface area contributed by atoms with Crippen LogP contribution in [0.4, 0.5) is 0 Å². The van der Waals surface area contributed by atoms with E-state index in [-0.39, 0.29) is 0 Å². The second-order valence-electron chi connectivity index (χ2n) is 4.27. The highest BCUT2D eigenvalue weighted by atomic mass is 15.2. The first-order chi connectivity index (χ1) is 7.29. The molecule has 1 atom stereocenters. The van der Waals surface area contributed by atoms with Gasteiger partial charge in [-0.15, -0.1) is 0 Å². The maximum Gasteiger partial charge on any atom is 0.0991 e. The Balaban J connectivity index is 2.02. The quantitative estimate of drug-likeness (QED) is 0.733. The van der Waals surface area contributed by atoms with Gasteiger partial charge in [-0.05, 0) is 44.0 Å². The molecular weight excluding hydrogens is 184 g/mol. The third-order valence-electron chi connectivity index (χ3n) is 3.16. The average molecular weight is 200 g/mol. The maximum absolute atomic E-state index is 8.69. The van der Waals surface area contributed by atoms with Crippen LogP contribution in [0.25, 0.3) is 0 Å². The molecule has 15 heavy (non-hydrogen) atoms. The fraction of sp³-hybridized carbons (Fsp3) is 0.462. The van der Waals surface area contributed by atoms with E-state index in [1.54, 1.807) is 0 Å². The van der Waals surface area contributed by atoms with E-state index in [2.05, 4.69) is 30.0 Å². The first-order valence-corrected chi connectivity index (χ1v) is 5.52. The summed E-state index contributed by atoms with van der Waals surface area (Å²) in [6.45, 7) is 4.52. The summed E-state index contributed by atoms with van der Waals surface area (Å²) >= 11 is 0. The molecule has 1 aromatic rings. The van der Waals surface area contributed by atoms with Gasteiger partial charge in [-0.2, -0.15) is 5.26 Å². The van der Waals surface area contributed by atoms with Crippen molar-refractivity contribution >= 4 is 0 Å². The van der Waals surface area contributed by atoms with Crippen molar-refractivity contribution in [2.24, 2.45) is 0 Å². The zero-order valence-electron chi connectivity index (χ0n) is 9.11. The number of rotatable bonds is 2. The Morgan fingerprint density at radius 2 is 2.13 bits per heavy atom. The Morgan fingerprint density at radius 1 is 1.40 bits per heavy atom. The van der Waals surface area contributed by atoms with E-state index < -0.39 is 0 Å². The van der Waals surface area contributed by atoms with E-state index in [4.69, 9.17) is 5.26 Å². The molecule has 1 saturated heterocycles. The van der Waals surface area contributed by atoms with Gasteiger partial charge in [-0.1, -0.05) is 12.1 Å². The van der Waals surface area contributed by atoms with E-state index in [9.17, 15) is 0 Å². The van der Waals surface area contributed by atoms with Gasteiger partial charge in [0.25, 0.3) is 0 Å². The largest absolute Gasteiger partial charge is 0.296 e. The van der Waals surface area contributed by atoms with Crippen molar-refractivity contribution in [1.82, 2.24) is 4.90 Å². The second kappa shape index (κ2) is 4.46. The molecule has 78 valence electrons. The number of hydrogen-bond acceptors (Lipinski definition) is 2. The molecule has 0 N–H and O–H groups in total. The van der Waals surface area contributed by atoms with Gasteiger partial charge in [0.15, 0.2) is 0 Å². The molecule has 1 aliphatic heterocycles. The minimum absolute atomic E-state index is 0.709. The molecule has 1 aromatic carbocycles. The SMILES string of the molecule is CC1CCCN1Cc1ccc(C#N)cc1. The van der Waals surface area contributed by atoms with Crippen LogP contribution >= 0.6 is 0 Å². The number of benzene rings is 1. The van der Waals surface area contributed by atoms with Gasteiger partial charge in [0, 0.05) is 12.6 Å². The van der Waals surface area contributed by atoms with Crippen LogP contribution in [0.5, 0.6) is 0 Å². The van der Waals surface area contributed by atoms with Crippen molar-refractivity contribution in [3.63, 3.8) is 0 Å². The van der Waals surface area contributed by atoms with Crippen LogP contribution in [-0.2, 0) is 6.54 Å². The van der Waals surface area contributed by atoms with E-state index >= 15 is 0 Å². The molecule has 0 spiro atoms. The summed E-state index contributed by atoms with van der Waals surface area (Å²) in [6.07, 6.45) is 2.63. The molecular formula is C13H16N2. The van der Waals surface area contributed by atoms with Gasteiger partial charge in [0.1, 0.15) is 0 Å². The van der Waals surface area contributed by atoms with Crippen molar-refractivity contribution in [3.8, 4) is 6.07 Å². The Labute approximate surface area is 91.1 Å². The predicted octanol–water partition coefficient (Wildman–Crippen LogP) is 2.54. The van der Waals surface area contributed by atoms with Crippen molar-refractivity contribution in [3.05, 3.63) is 35.4 Å². The molecule has 0 saturated carbocycles. The first-order valence-electron chi connectivity index (χ1n) is 5.52. The van der Waals surface area contributed by atoms with Crippen LogP contribution < -0.4 is 0 Å². The zero-order valence-corrected chi connectivity index (χ0v) is 9.11. The van der Waals surface area contributed by atoms with Crippen LogP contribution in [-0.4, -0.2) is 17.5 Å². The number of nitrogens with zero attached hydrogens (tertiary/aromatic N) is 2. The van der Waals surface area contributed by atoms with Crippen LogP contribution in [0.2, 0.25) is 0 Å². The summed E-state index contributed by atoms with van der Waals surface area (Å²) in [4.78, 5) is 2.50. The smallest absolute Gasteiger partial charge is 0.0991 e. The molecule has 2 nitrogen and oxygen atoms in total. The van der Waals surface area contributed by atoms with Gasteiger partial charge in [-0.25, -0.2) is 0 Å². The van der Waals surface area contributed by atoms with Gasteiger partial charge in [-0.3, -0.25) is 4.90 Å². The third-order valence-corrected chi connectivity index (χ3v) is 3.16. The van der Waals surface area contributed by atoms with Gasteiger partial charge >= 0.3 is 0 Å². The fourth-order valence-corrected chi connectivity index (χ4v) is 2.15. The first kappa shape index (κ1) is 10.2. The number of likely N-dealkylation sites (tertiary alicyclic amines) is 1. The highest BCUT2D eigenvalue weighted by molar-refractivity contribution is 5.31. The zero-order chi connectivity index (χ0) is 10.7. The number of nitriles is 1. The molecule has 2 heteroatoms. The van der Waals surface area contributed by atoms with E-state index in [0.717, 1.165) is 12.1 Å². The Hall–Kier alpha value is -1.33. The molecule has 0 amide bonds. The summed E-state index contributed by atoms with van der Waals surface area (Å²) in [6, 6.07) is 10.8. The lowest BCUT2D eigenvalue weighted by molar-refractivity contribution is 0.260. The Kier molecular flexibility index (Phi) is 3.03. The number of hydrogen-bond donors (Lipinski definition) is 0. The molecule has 0 aromatic heterocycles. The summed E-state index contributed by atoms with van der Waals surface area (Å²) in [5.74, 6) is 0. The fourth-order valence-electron chi connectivity index (χ4n) is 2.15. The Bertz CT molecular complexity index is 361. The second-order valence-corrected chi connectivity index (χ2v) is 4.27. The summed E-state index contributed by atoms with van der Waals surface area (Å²) in [5.41, 5.74) is 2.05. The molecule has 0 aliphatic carbocycles. The van der Waals surface area contributed by atoms with Gasteiger partial charge in [0.2, 0.25) is 0 Å². The molecule has 2 rings (SSSR count). The minimum atomic E-state index is 0.709. The van der Waals surface area contributed by atoms with Crippen LogP contribution in [0.15, 0.2) is 24.3 Å². The van der Waals surface area contributed by atoms with Crippen molar-refractivity contribution in [1.29, 1.82) is 5.26 Å². The highest BCUT2D eigenvalue weighted by Gasteiger charge is 2.19. The molecule has 1 unspecified atom stereocenters. The van der Waals surface area contributed by atoms with E-state index in [1.807, 2.05) is 12.1 Å². The summed E-state index contributed by atoms with van der Waals surface area (Å²) in [7, 11) is 0. The normalized spacial score (nSPS) is 21.5. The lowest BCUT2D eigenvalue weighted by atomic mass is 10.1.